The van der Waals surface area contributed by atoms with Crippen LogP contribution in [0.1, 0.15) is 31.1 Å². The van der Waals surface area contributed by atoms with E-state index in [1.54, 1.807) is 20.8 Å². The first-order chi connectivity index (χ1) is 6.93. The number of nitrogens with one attached hydrogen (secondary N) is 1. The van der Waals surface area contributed by atoms with Crippen LogP contribution in [0.3, 0.4) is 0 Å². The second kappa shape index (κ2) is 4.35. The summed E-state index contributed by atoms with van der Waals surface area (Å²) < 4.78 is 0. The quantitative estimate of drug-likeness (QED) is 0.754. The maximum Gasteiger partial charge on any atom is 0.254 e. The van der Waals surface area contributed by atoms with Crippen LogP contribution < -0.4 is 5.32 Å². The zero-order chi connectivity index (χ0) is 11.5. The summed E-state index contributed by atoms with van der Waals surface area (Å²) in [6.07, 6.45) is 3.59. The topological polar surface area (TPSA) is 75.1 Å². The van der Waals surface area contributed by atoms with Gasteiger partial charge in [-0.05, 0) is 20.8 Å². The second-order valence-electron chi connectivity index (χ2n) is 3.98. The lowest BCUT2D eigenvalue weighted by Crippen LogP contribution is -2.51. The standard InChI is InChI=1S/C10H15N3O2/c1-7(14)10(2,3)13-9(15)8-4-11-6-12-5-8/h4-7,14H,1-3H3,(H,13,15). The molecule has 1 aromatic heterocycles. The molecule has 0 bridgehead atoms. The third-order valence-corrected chi connectivity index (χ3v) is 2.30. The molecule has 0 saturated heterocycles. The zero-order valence-corrected chi connectivity index (χ0v) is 9.06. The summed E-state index contributed by atoms with van der Waals surface area (Å²) in [6, 6.07) is 0. The summed E-state index contributed by atoms with van der Waals surface area (Å²) in [5.74, 6) is -0.290. The van der Waals surface area contributed by atoms with Gasteiger partial charge in [0.05, 0.1) is 17.2 Å². The fourth-order valence-electron chi connectivity index (χ4n) is 0.886. The highest BCUT2D eigenvalue weighted by Crippen LogP contribution is 2.09. The fraction of sp³-hybridized carbons (Fsp3) is 0.500. The number of carbonyl (C=O) groups excluding carboxylic acids is 1. The number of aliphatic hydroxyl groups is 1. The maximum atomic E-state index is 11.7. The molecule has 15 heavy (non-hydrogen) atoms. The van der Waals surface area contributed by atoms with Gasteiger partial charge in [0, 0.05) is 12.4 Å². The molecule has 0 aliphatic heterocycles. The molecule has 5 nitrogen and oxygen atoms in total. The molecule has 0 aromatic carbocycles. The fourth-order valence-corrected chi connectivity index (χ4v) is 0.886. The van der Waals surface area contributed by atoms with Crippen molar-refractivity contribution in [3.8, 4) is 0 Å². The van der Waals surface area contributed by atoms with E-state index >= 15 is 0 Å². The molecule has 0 spiro atoms. The molecule has 82 valence electrons. The highest BCUT2D eigenvalue weighted by molar-refractivity contribution is 5.94. The lowest BCUT2D eigenvalue weighted by atomic mass is 9.98. The van der Waals surface area contributed by atoms with E-state index in [1.807, 2.05) is 0 Å². The summed E-state index contributed by atoms with van der Waals surface area (Å²) >= 11 is 0. The number of hydrogen-bond donors (Lipinski definition) is 2. The molecule has 1 aromatic rings. The molecule has 0 aliphatic rings. The number of carbonyl (C=O) groups is 1. The SMILES string of the molecule is CC(O)C(C)(C)NC(=O)c1cncnc1. The monoisotopic (exact) mass is 209 g/mol. The van der Waals surface area contributed by atoms with Crippen LogP contribution in [-0.4, -0.2) is 32.6 Å². The first-order valence-electron chi connectivity index (χ1n) is 4.69. The van der Waals surface area contributed by atoms with E-state index in [-0.39, 0.29) is 5.91 Å². The maximum absolute atomic E-state index is 11.7. The molecule has 1 atom stereocenters. The van der Waals surface area contributed by atoms with Crippen LogP contribution in [0.2, 0.25) is 0 Å². The van der Waals surface area contributed by atoms with E-state index in [1.165, 1.54) is 18.7 Å². The normalized spacial score (nSPS) is 13.3. The van der Waals surface area contributed by atoms with E-state index in [4.69, 9.17) is 0 Å². The van der Waals surface area contributed by atoms with Gasteiger partial charge in [0.25, 0.3) is 5.91 Å². The van der Waals surface area contributed by atoms with Crippen LogP contribution in [0.25, 0.3) is 0 Å². The molecule has 1 heterocycles. The Morgan fingerprint density at radius 2 is 2.00 bits per heavy atom. The van der Waals surface area contributed by atoms with Crippen molar-refractivity contribution in [2.75, 3.05) is 0 Å². The lowest BCUT2D eigenvalue weighted by Gasteiger charge is -2.29. The van der Waals surface area contributed by atoms with E-state index in [9.17, 15) is 9.90 Å². The third-order valence-electron chi connectivity index (χ3n) is 2.30. The van der Waals surface area contributed by atoms with Crippen molar-refractivity contribution < 1.29 is 9.90 Å². The molecule has 0 saturated carbocycles. The van der Waals surface area contributed by atoms with Crippen LogP contribution in [-0.2, 0) is 0 Å². The van der Waals surface area contributed by atoms with Crippen molar-refractivity contribution in [2.24, 2.45) is 0 Å². The molecular weight excluding hydrogens is 194 g/mol. The first-order valence-corrected chi connectivity index (χ1v) is 4.69. The van der Waals surface area contributed by atoms with Gasteiger partial charge in [-0.15, -0.1) is 0 Å². The van der Waals surface area contributed by atoms with Crippen molar-refractivity contribution in [1.29, 1.82) is 0 Å². The predicted molar refractivity (Wildman–Crippen MR) is 55.3 cm³/mol. The predicted octanol–water partition coefficient (Wildman–Crippen LogP) is 0.366. The summed E-state index contributed by atoms with van der Waals surface area (Å²) in [4.78, 5) is 19.2. The lowest BCUT2D eigenvalue weighted by molar-refractivity contribution is 0.0709. The molecule has 0 fully saturated rings. The van der Waals surface area contributed by atoms with Gasteiger partial charge in [-0.1, -0.05) is 0 Å². The minimum atomic E-state index is -0.674. The van der Waals surface area contributed by atoms with Crippen molar-refractivity contribution in [3.05, 3.63) is 24.3 Å². The number of aliphatic hydroxyl groups excluding tert-OH is 1. The Bertz CT molecular complexity index is 336. The first kappa shape index (κ1) is 11.6. The van der Waals surface area contributed by atoms with Crippen LogP contribution in [0.4, 0.5) is 0 Å². The summed E-state index contributed by atoms with van der Waals surface area (Å²) in [5, 5.41) is 12.1. The van der Waals surface area contributed by atoms with Crippen molar-refractivity contribution in [3.63, 3.8) is 0 Å². The van der Waals surface area contributed by atoms with E-state index < -0.39 is 11.6 Å². The Kier molecular flexibility index (Phi) is 3.36. The van der Waals surface area contributed by atoms with Gasteiger partial charge in [-0.3, -0.25) is 4.79 Å². The highest BCUT2D eigenvalue weighted by atomic mass is 16.3. The van der Waals surface area contributed by atoms with Gasteiger partial charge in [-0.2, -0.15) is 0 Å². The molecule has 2 N–H and O–H groups in total. The Hall–Kier alpha value is -1.49. The average Bonchev–Trinajstić information content (AvgIpc) is 2.18. The molecule has 1 unspecified atom stereocenters. The van der Waals surface area contributed by atoms with Crippen molar-refractivity contribution in [2.45, 2.75) is 32.4 Å². The number of nitrogens with zero attached hydrogens (tertiary/aromatic N) is 2. The largest absolute Gasteiger partial charge is 0.391 e. The second-order valence-corrected chi connectivity index (χ2v) is 3.98. The van der Waals surface area contributed by atoms with Crippen LogP contribution in [0.5, 0.6) is 0 Å². The van der Waals surface area contributed by atoms with Crippen molar-refractivity contribution in [1.82, 2.24) is 15.3 Å². The number of aromatic nitrogens is 2. The molecule has 0 aliphatic carbocycles. The molecule has 5 heteroatoms. The van der Waals surface area contributed by atoms with E-state index in [0.717, 1.165) is 0 Å². The molecule has 1 rings (SSSR count). The third kappa shape index (κ3) is 2.99. The molecular formula is C10H15N3O2. The van der Waals surface area contributed by atoms with Crippen molar-refractivity contribution >= 4 is 5.91 Å². The molecule has 1 amide bonds. The molecule has 0 radical (unpaired) electrons. The van der Waals surface area contributed by atoms with Gasteiger partial charge in [0.15, 0.2) is 0 Å². The Balaban J connectivity index is 2.73. The summed E-state index contributed by atoms with van der Waals surface area (Å²) in [7, 11) is 0. The highest BCUT2D eigenvalue weighted by Gasteiger charge is 2.26. The van der Waals surface area contributed by atoms with E-state index in [0.29, 0.717) is 5.56 Å². The Labute approximate surface area is 88.6 Å². The zero-order valence-electron chi connectivity index (χ0n) is 9.06. The van der Waals surface area contributed by atoms with Gasteiger partial charge in [-0.25, -0.2) is 9.97 Å². The minimum absolute atomic E-state index is 0.290. The van der Waals surface area contributed by atoms with Crippen LogP contribution in [0, 0.1) is 0 Å². The minimum Gasteiger partial charge on any atom is -0.391 e. The number of rotatable bonds is 3. The van der Waals surface area contributed by atoms with Crippen LogP contribution >= 0.6 is 0 Å². The van der Waals surface area contributed by atoms with E-state index in [2.05, 4.69) is 15.3 Å². The Morgan fingerprint density at radius 3 is 2.47 bits per heavy atom. The number of hydrogen-bond acceptors (Lipinski definition) is 4. The van der Waals surface area contributed by atoms with Gasteiger partial charge < -0.3 is 10.4 Å². The Morgan fingerprint density at radius 1 is 1.47 bits per heavy atom. The van der Waals surface area contributed by atoms with Gasteiger partial charge in [0.1, 0.15) is 6.33 Å². The van der Waals surface area contributed by atoms with Gasteiger partial charge in [0.2, 0.25) is 0 Å². The smallest absolute Gasteiger partial charge is 0.254 e. The summed E-state index contributed by atoms with van der Waals surface area (Å²) in [5.41, 5.74) is -0.293. The van der Waals surface area contributed by atoms with Gasteiger partial charge >= 0.3 is 0 Å². The summed E-state index contributed by atoms with van der Waals surface area (Å²) in [6.45, 7) is 5.13. The number of amides is 1. The van der Waals surface area contributed by atoms with Crippen LogP contribution in [0.15, 0.2) is 18.7 Å². The average molecular weight is 209 g/mol.